The van der Waals surface area contributed by atoms with Crippen LogP contribution in [0.1, 0.15) is 5.56 Å². The van der Waals surface area contributed by atoms with Crippen LogP contribution in [-0.4, -0.2) is 24.9 Å². The van der Waals surface area contributed by atoms with E-state index < -0.39 is 0 Å². The molecule has 2 rings (SSSR count). The molecule has 3 heteroatoms. The average molecular weight is 255 g/mol. The first-order valence-corrected chi connectivity index (χ1v) is 6.25. The highest BCUT2D eigenvalue weighted by atomic mass is 16.5. The molecule has 0 heterocycles. The van der Waals surface area contributed by atoms with Crippen molar-refractivity contribution in [3.05, 3.63) is 42.0 Å². The molecule has 0 aliphatic heterocycles. The molecule has 0 fully saturated rings. The minimum Gasteiger partial charge on any atom is -0.481 e. The monoisotopic (exact) mass is 255 g/mol. The Bertz CT molecular complexity index is 587. The Balaban J connectivity index is 2.36. The minimum atomic E-state index is 0.116. The second-order valence-corrected chi connectivity index (χ2v) is 4.16. The number of benzene rings is 2. The summed E-state index contributed by atoms with van der Waals surface area (Å²) in [5, 5.41) is 14.3. The van der Waals surface area contributed by atoms with E-state index in [0.717, 1.165) is 22.1 Å². The minimum absolute atomic E-state index is 0.116. The Morgan fingerprint density at radius 1 is 1.21 bits per heavy atom. The molecule has 0 saturated heterocycles. The number of rotatable bonds is 6. The molecule has 0 amide bonds. The fourth-order valence-corrected chi connectivity index (χ4v) is 2.05. The van der Waals surface area contributed by atoms with Gasteiger partial charge in [0.2, 0.25) is 0 Å². The maximum atomic E-state index is 8.85. The van der Waals surface area contributed by atoms with Crippen molar-refractivity contribution in [2.45, 2.75) is 6.54 Å². The number of nitrogens with one attached hydrogen (secondary N) is 1. The van der Waals surface area contributed by atoms with Gasteiger partial charge in [0, 0.05) is 18.7 Å². The molecule has 0 saturated carbocycles. The third-order valence-corrected chi connectivity index (χ3v) is 2.90. The van der Waals surface area contributed by atoms with Crippen molar-refractivity contribution in [3.63, 3.8) is 0 Å². The Morgan fingerprint density at radius 3 is 2.84 bits per heavy atom. The van der Waals surface area contributed by atoms with E-state index in [2.05, 4.69) is 23.4 Å². The molecule has 0 unspecified atom stereocenters. The maximum Gasteiger partial charge on any atom is 0.148 e. The van der Waals surface area contributed by atoms with Crippen molar-refractivity contribution in [2.24, 2.45) is 0 Å². The Morgan fingerprint density at radius 2 is 2.05 bits per heavy atom. The molecule has 0 aliphatic carbocycles. The Labute approximate surface area is 113 Å². The van der Waals surface area contributed by atoms with Crippen LogP contribution in [0.15, 0.2) is 36.4 Å². The zero-order valence-electron chi connectivity index (χ0n) is 10.7. The van der Waals surface area contributed by atoms with E-state index in [4.69, 9.17) is 16.3 Å². The smallest absolute Gasteiger partial charge is 0.148 e. The lowest BCUT2D eigenvalue weighted by Crippen LogP contribution is -2.18. The lowest BCUT2D eigenvalue weighted by Gasteiger charge is -2.13. The Hall–Kier alpha value is -2.02. The van der Waals surface area contributed by atoms with Gasteiger partial charge in [-0.1, -0.05) is 36.3 Å². The number of terminal acetylenes is 1. The first kappa shape index (κ1) is 13.4. The molecule has 0 spiro atoms. The Kier molecular flexibility index (Phi) is 4.79. The van der Waals surface area contributed by atoms with E-state index in [9.17, 15) is 0 Å². The van der Waals surface area contributed by atoms with E-state index in [1.807, 2.05) is 24.3 Å². The van der Waals surface area contributed by atoms with Crippen LogP contribution in [0, 0.1) is 12.3 Å². The number of hydrogen-bond acceptors (Lipinski definition) is 3. The van der Waals surface area contributed by atoms with Crippen molar-refractivity contribution >= 4 is 10.8 Å². The molecule has 0 radical (unpaired) electrons. The zero-order chi connectivity index (χ0) is 13.5. The molecular formula is C16H17NO2. The fraction of sp³-hybridized carbons (Fsp3) is 0.250. The van der Waals surface area contributed by atoms with E-state index in [1.165, 1.54) is 0 Å². The summed E-state index contributed by atoms with van der Waals surface area (Å²) in [6, 6.07) is 12.1. The highest BCUT2D eigenvalue weighted by Gasteiger charge is 2.08. The normalized spacial score (nSPS) is 10.3. The van der Waals surface area contributed by atoms with E-state index in [0.29, 0.717) is 13.1 Å². The topological polar surface area (TPSA) is 41.5 Å². The molecule has 0 atom stereocenters. The van der Waals surface area contributed by atoms with Crippen molar-refractivity contribution in [1.29, 1.82) is 0 Å². The first-order chi connectivity index (χ1) is 9.36. The lowest BCUT2D eigenvalue weighted by molar-refractivity contribution is 0.291. The van der Waals surface area contributed by atoms with Crippen molar-refractivity contribution in [3.8, 4) is 18.1 Å². The molecule has 2 aromatic carbocycles. The average Bonchev–Trinajstić information content (AvgIpc) is 2.46. The number of fused-ring (bicyclic) bond motifs is 1. The van der Waals surface area contributed by atoms with Crippen LogP contribution in [0.2, 0.25) is 0 Å². The quantitative estimate of drug-likeness (QED) is 0.612. The molecule has 98 valence electrons. The van der Waals surface area contributed by atoms with Crippen LogP contribution < -0.4 is 10.1 Å². The van der Waals surface area contributed by atoms with Crippen LogP contribution >= 0.6 is 0 Å². The summed E-state index contributed by atoms with van der Waals surface area (Å²) in [5.74, 6) is 3.27. The van der Waals surface area contributed by atoms with E-state index >= 15 is 0 Å². The molecule has 0 aliphatic rings. The molecular weight excluding hydrogens is 238 g/mol. The second-order valence-electron chi connectivity index (χ2n) is 4.16. The van der Waals surface area contributed by atoms with Crippen LogP contribution in [0.3, 0.4) is 0 Å². The van der Waals surface area contributed by atoms with E-state index in [1.54, 1.807) is 0 Å². The zero-order valence-corrected chi connectivity index (χ0v) is 10.7. The summed E-state index contributed by atoms with van der Waals surface area (Å²) in [7, 11) is 0. The van der Waals surface area contributed by atoms with Gasteiger partial charge in [0.25, 0.3) is 0 Å². The first-order valence-electron chi connectivity index (χ1n) is 6.25. The highest BCUT2D eigenvalue weighted by Crippen LogP contribution is 2.28. The van der Waals surface area contributed by atoms with Crippen LogP contribution in [0.25, 0.3) is 10.8 Å². The highest BCUT2D eigenvalue weighted by molar-refractivity contribution is 5.87. The number of aliphatic hydroxyl groups is 1. The SMILES string of the molecule is C#CCOc1ccc2ccccc2c1CNCCO. The van der Waals surface area contributed by atoms with Crippen LogP contribution in [0.4, 0.5) is 0 Å². The molecule has 0 bridgehead atoms. The molecule has 3 nitrogen and oxygen atoms in total. The number of ether oxygens (including phenoxy) is 1. The van der Waals surface area contributed by atoms with Gasteiger partial charge < -0.3 is 15.2 Å². The summed E-state index contributed by atoms with van der Waals surface area (Å²) < 4.78 is 5.59. The van der Waals surface area contributed by atoms with E-state index in [-0.39, 0.29) is 13.2 Å². The van der Waals surface area contributed by atoms with Crippen molar-refractivity contribution in [1.82, 2.24) is 5.32 Å². The van der Waals surface area contributed by atoms with Crippen LogP contribution in [-0.2, 0) is 6.54 Å². The van der Waals surface area contributed by atoms with Gasteiger partial charge in [-0.3, -0.25) is 0 Å². The summed E-state index contributed by atoms with van der Waals surface area (Å²) >= 11 is 0. The number of aliphatic hydroxyl groups excluding tert-OH is 1. The largest absolute Gasteiger partial charge is 0.481 e. The van der Waals surface area contributed by atoms with Crippen molar-refractivity contribution in [2.75, 3.05) is 19.8 Å². The summed E-state index contributed by atoms with van der Waals surface area (Å²) in [5.41, 5.74) is 1.07. The number of hydrogen-bond donors (Lipinski definition) is 2. The van der Waals surface area contributed by atoms with Gasteiger partial charge in [-0.15, -0.1) is 6.42 Å². The van der Waals surface area contributed by atoms with Gasteiger partial charge in [0.1, 0.15) is 12.4 Å². The predicted molar refractivity (Wildman–Crippen MR) is 77.1 cm³/mol. The molecule has 0 aromatic heterocycles. The van der Waals surface area contributed by atoms with Crippen molar-refractivity contribution < 1.29 is 9.84 Å². The maximum absolute atomic E-state index is 8.85. The summed E-state index contributed by atoms with van der Waals surface area (Å²) in [4.78, 5) is 0. The summed E-state index contributed by atoms with van der Waals surface area (Å²) in [6.45, 7) is 1.57. The fourth-order valence-electron chi connectivity index (χ4n) is 2.05. The standard InChI is InChI=1S/C16H17NO2/c1-2-11-19-16-8-7-13-5-3-4-6-14(13)15(16)12-17-9-10-18/h1,3-8,17-18H,9-12H2. The van der Waals surface area contributed by atoms with Gasteiger partial charge in [-0.25, -0.2) is 0 Å². The third-order valence-electron chi connectivity index (χ3n) is 2.90. The van der Waals surface area contributed by atoms with Gasteiger partial charge in [0.15, 0.2) is 0 Å². The van der Waals surface area contributed by atoms with Crippen LogP contribution in [0.5, 0.6) is 5.75 Å². The van der Waals surface area contributed by atoms with Gasteiger partial charge in [0.05, 0.1) is 6.61 Å². The summed E-state index contributed by atoms with van der Waals surface area (Å²) in [6.07, 6.45) is 5.24. The predicted octanol–water partition coefficient (Wildman–Crippen LogP) is 1.93. The molecule has 2 N–H and O–H groups in total. The molecule has 19 heavy (non-hydrogen) atoms. The van der Waals surface area contributed by atoms with Gasteiger partial charge in [-0.2, -0.15) is 0 Å². The third kappa shape index (κ3) is 3.25. The van der Waals surface area contributed by atoms with Gasteiger partial charge in [-0.05, 0) is 16.8 Å². The molecule has 2 aromatic rings. The lowest BCUT2D eigenvalue weighted by atomic mass is 10.0. The van der Waals surface area contributed by atoms with Gasteiger partial charge >= 0.3 is 0 Å². The second kappa shape index (κ2) is 6.79.